The van der Waals surface area contributed by atoms with Gasteiger partial charge in [0.15, 0.2) is 0 Å². The Morgan fingerprint density at radius 3 is 2.21 bits per heavy atom. The van der Waals surface area contributed by atoms with Crippen LogP contribution in [0.1, 0.15) is 39.5 Å². The Bertz CT molecular complexity index is 238. The van der Waals surface area contributed by atoms with Gasteiger partial charge in [0, 0.05) is 12.1 Å². The molecule has 0 radical (unpaired) electrons. The SMILES string of the molecule is COC(=O)C12CCC(C)N1C(C)CC2. The van der Waals surface area contributed by atoms with Gasteiger partial charge in [-0.1, -0.05) is 0 Å². The Morgan fingerprint density at radius 2 is 1.79 bits per heavy atom. The van der Waals surface area contributed by atoms with E-state index in [4.69, 9.17) is 4.74 Å². The molecule has 0 saturated carbocycles. The van der Waals surface area contributed by atoms with E-state index in [1.54, 1.807) is 0 Å². The second kappa shape index (κ2) is 3.23. The molecule has 2 aliphatic rings. The topological polar surface area (TPSA) is 29.5 Å². The van der Waals surface area contributed by atoms with Crippen LogP contribution >= 0.6 is 0 Å². The quantitative estimate of drug-likeness (QED) is 0.597. The molecule has 14 heavy (non-hydrogen) atoms. The normalized spacial score (nSPS) is 42.5. The Morgan fingerprint density at radius 1 is 1.29 bits per heavy atom. The largest absolute Gasteiger partial charge is 0.468 e. The van der Waals surface area contributed by atoms with E-state index in [-0.39, 0.29) is 11.5 Å². The molecule has 0 aromatic heterocycles. The van der Waals surface area contributed by atoms with Gasteiger partial charge in [0.2, 0.25) is 0 Å². The van der Waals surface area contributed by atoms with E-state index in [1.807, 2.05) is 0 Å². The molecule has 2 saturated heterocycles. The molecule has 2 unspecified atom stereocenters. The summed E-state index contributed by atoms with van der Waals surface area (Å²) in [6.07, 6.45) is 4.20. The van der Waals surface area contributed by atoms with Crippen LogP contribution in [0, 0.1) is 0 Å². The average molecular weight is 197 g/mol. The van der Waals surface area contributed by atoms with Crippen LogP contribution in [0.5, 0.6) is 0 Å². The van der Waals surface area contributed by atoms with Crippen LogP contribution in [-0.4, -0.2) is 35.6 Å². The third kappa shape index (κ3) is 1.11. The minimum absolute atomic E-state index is 0.0220. The molecular weight excluding hydrogens is 178 g/mol. The summed E-state index contributed by atoms with van der Waals surface area (Å²) >= 11 is 0. The Balaban J connectivity index is 2.29. The molecule has 2 rings (SSSR count). The van der Waals surface area contributed by atoms with Gasteiger partial charge in [-0.25, -0.2) is 0 Å². The van der Waals surface area contributed by atoms with E-state index >= 15 is 0 Å². The van der Waals surface area contributed by atoms with Crippen LogP contribution in [-0.2, 0) is 9.53 Å². The Labute approximate surface area is 85.4 Å². The van der Waals surface area contributed by atoms with E-state index in [0.717, 1.165) is 25.7 Å². The number of esters is 1. The molecule has 0 spiro atoms. The van der Waals surface area contributed by atoms with Gasteiger partial charge in [0.1, 0.15) is 5.54 Å². The molecule has 80 valence electrons. The lowest BCUT2D eigenvalue weighted by atomic mass is 9.94. The first-order valence-corrected chi connectivity index (χ1v) is 5.48. The summed E-state index contributed by atoms with van der Waals surface area (Å²) in [6, 6.07) is 1.07. The zero-order valence-corrected chi connectivity index (χ0v) is 9.25. The first-order chi connectivity index (χ1) is 6.62. The lowest BCUT2D eigenvalue weighted by Crippen LogP contribution is -2.50. The maximum Gasteiger partial charge on any atom is 0.326 e. The van der Waals surface area contributed by atoms with Crippen molar-refractivity contribution in [3.8, 4) is 0 Å². The van der Waals surface area contributed by atoms with Crippen molar-refractivity contribution in [2.75, 3.05) is 7.11 Å². The van der Waals surface area contributed by atoms with Crippen molar-refractivity contribution in [3.63, 3.8) is 0 Å². The number of carbonyl (C=O) groups excluding carboxylic acids is 1. The minimum Gasteiger partial charge on any atom is -0.468 e. The lowest BCUT2D eigenvalue weighted by molar-refractivity contribution is -0.153. The van der Waals surface area contributed by atoms with Crippen LogP contribution in [0.25, 0.3) is 0 Å². The Hall–Kier alpha value is -0.570. The molecular formula is C11H19NO2. The third-order valence-corrected chi connectivity index (χ3v) is 3.96. The number of rotatable bonds is 1. The molecule has 2 atom stereocenters. The van der Waals surface area contributed by atoms with Crippen LogP contribution < -0.4 is 0 Å². The maximum atomic E-state index is 11.8. The van der Waals surface area contributed by atoms with Crippen molar-refractivity contribution < 1.29 is 9.53 Å². The third-order valence-electron chi connectivity index (χ3n) is 3.96. The fourth-order valence-corrected chi connectivity index (χ4v) is 3.33. The highest BCUT2D eigenvalue weighted by Crippen LogP contribution is 2.45. The maximum absolute atomic E-state index is 11.8. The highest BCUT2D eigenvalue weighted by molar-refractivity contribution is 5.81. The minimum atomic E-state index is -0.270. The van der Waals surface area contributed by atoms with Gasteiger partial charge < -0.3 is 4.74 Å². The Kier molecular flexibility index (Phi) is 2.30. The summed E-state index contributed by atoms with van der Waals surface area (Å²) in [4.78, 5) is 14.2. The summed E-state index contributed by atoms with van der Waals surface area (Å²) in [5.41, 5.74) is -0.270. The average Bonchev–Trinajstić information content (AvgIpc) is 2.68. The summed E-state index contributed by atoms with van der Waals surface area (Å²) in [5.74, 6) is -0.0220. The zero-order valence-electron chi connectivity index (χ0n) is 9.25. The number of carbonyl (C=O) groups is 1. The molecule has 2 fully saturated rings. The number of hydrogen-bond acceptors (Lipinski definition) is 3. The van der Waals surface area contributed by atoms with Gasteiger partial charge in [-0.05, 0) is 39.5 Å². The first-order valence-electron chi connectivity index (χ1n) is 5.48. The molecule has 0 aliphatic carbocycles. The van der Waals surface area contributed by atoms with Gasteiger partial charge >= 0.3 is 5.97 Å². The number of ether oxygens (including phenoxy) is 1. The van der Waals surface area contributed by atoms with E-state index in [9.17, 15) is 4.79 Å². The molecule has 2 aliphatic heterocycles. The molecule has 2 heterocycles. The van der Waals surface area contributed by atoms with Crippen molar-refractivity contribution >= 4 is 5.97 Å². The zero-order chi connectivity index (χ0) is 10.3. The number of methoxy groups -OCH3 is 1. The van der Waals surface area contributed by atoms with Crippen LogP contribution in [0.4, 0.5) is 0 Å². The van der Waals surface area contributed by atoms with Crippen LogP contribution in [0.2, 0.25) is 0 Å². The van der Waals surface area contributed by atoms with Gasteiger partial charge in [-0.2, -0.15) is 0 Å². The molecule has 0 aromatic rings. The number of nitrogens with zero attached hydrogens (tertiary/aromatic N) is 1. The summed E-state index contributed by atoms with van der Waals surface area (Å²) in [5, 5.41) is 0. The molecule has 0 N–H and O–H groups in total. The molecule has 3 heteroatoms. The van der Waals surface area contributed by atoms with E-state index in [1.165, 1.54) is 7.11 Å². The van der Waals surface area contributed by atoms with Crippen LogP contribution in [0.3, 0.4) is 0 Å². The van der Waals surface area contributed by atoms with Gasteiger partial charge in [-0.15, -0.1) is 0 Å². The molecule has 0 bridgehead atoms. The van der Waals surface area contributed by atoms with Gasteiger partial charge in [0.25, 0.3) is 0 Å². The monoisotopic (exact) mass is 197 g/mol. The molecule has 0 amide bonds. The smallest absolute Gasteiger partial charge is 0.326 e. The van der Waals surface area contributed by atoms with Crippen molar-refractivity contribution in [2.24, 2.45) is 0 Å². The second-order valence-electron chi connectivity index (χ2n) is 4.71. The fraction of sp³-hybridized carbons (Fsp3) is 0.909. The van der Waals surface area contributed by atoms with Crippen LogP contribution in [0.15, 0.2) is 0 Å². The molecule has 3 nitrogen and oxygen atoms in total. The summed E-state index contributed by atoms with van der Waals surface area (Å²) in [7, 11) is 1.50. The lowest BCUT2D eigenvalue weighted by Gasteiger charge is -2.33. The highest BCUT2D eigenvalue weighted by atomic mass is 16.5. The predicted molar refractivity (Wildman–Crippen MR) is 54.0 cm³/mol. The second-order valence-corrected chi connectivity index (χ2v) is 4.71. The first kappa shape index (κ1) is 9.97. The van der Waals surface area contributed by atoms with Gasteiger partial charge in [0.05, 0.1) is 7.11 Å². The van der Waals surface area contributed by atoms with Crippen molar-refractivity contribution in [1.29, 1.82) is 0 Å². The van der Waals surface area contributed by atoms with E-state index in [0.29, 0.717) is 12.1 Å². The van der Waals surface area contributed by atoms with Crippen molar-refractivity contribution in [3.05, 3.63) is 0 Å². The summed E-state index contributed by atoms with van der Waals surface area (Å²) in [6.45, 7) is 4.43. The van der Waals surface area contributed by atoms with Crippen molar-refractivity contribution in [2.45, 2.75) is 57.2 Å². The van der Waals surface area contributed by atoms with Gasteiger partial charge in [-0.3, -0.25) is 9.69 Å². The number of hydrogen-bond donors (Lipinski definition) is 0. The fourth-order valence-electron chi connectivity index (χ4n) is 3.33. The van der Waals surface area contributed by atoms with E-state index in [2.05, 4.69) is 18.7 Å². The van der Waals surface area contributed by atoms with E-state index < -0.39 is 0 Å². The number of fused-ring (bicyclic) bond motifs is 1. The van der Waals surface area contributed by atoms with Crippen molar-refractivity contribution in [1.82, 2.24) is 4.90 Å². The molecule has 0 aromatic carbocycles. The summed E-state index contributed by atoms with van der Waals surface area (Å²) < 4.78 is 4.95. The standard InChI is InChI=1S/C11H19NO2/c1-8-4-6-11(10(13)14-3)7-5-9(2)12(8)11/h8-9H,4-7H2,1-3H3. The highest BCUT2D eigenvalue weighted by Gasteiger charge is 2.56. The predicted octanol–water partition coefficient (Wildman–Crippen LogP) is 1.56.